The molecular formula is C12H21NO. The molecule has 0 amide bonds. The molecule has 0 aliphatic heterocycles. The summed E-state index contributed by atoms with van der Waals surface area (Å²) >= 11 is 0. The van der Waals surface area contributed by atoms with Crippen LogP contribution in [0.5, 0.6) is 0 Å². The van der Waals surface area contributed by atoms with Crippen molar-refractivity contribution < 1.29 is 4.79 Å². The van der Waals surface area contributed by atoms with E-state index in [9.17, 15) is 4.79 Å². The Bertz CT molecular complexity index is 208. The van der Waals surface area contributed by atoms with Crippen molar-refractivity contribution in [2.45, 2.75) is 51.4 Å². The fourth-order valence-electron chi connectivity index (χ4n) is 3.22. The van der Waals surface area contributed by atoms with Crippen LogP contribution in [0.4, 0.5) is 0 Å². The zero-order chi connectivity index (χ0) is 10.0. The minimum atomic E-state index is 0.224. The van der Waals surface area contributed by atoms with Crippen LogP contribution in [-0.4, -0.2) is 12.3 Å². The highest BCUT2D eigenvalue weighted by atomic mass is 16.1. The van der Waals surface area contributed by atoms with Gasteiger partial charge in [-0.2, -0.15) is 0 Å². The third kappa shape index (κ3) is 1.72. The molecule has 0 aromatic carbocycles. The lowest BCUT2D eigenvalue weighted by Gasteiger charge is -2.46. The first-order valence-corrected chi connectivity index (χ1v) is 5.99. The summed E-state index contributed by atoms with van der Waals surface area (Å²) in [5, 5.41) is 0. The van der Waals surface area contributed by atoms with E-state index in [-0.39, 0.29) is 5.41 Å². The van der Waals surface area contributed by atoms with Crippen LogP contribution in [0.25, 0.3) is 0 Å². The predicted molar refractivity (Wildman–Crippen MR) is 56.9 cm³/mol. The number of carbonyl (C=O) groups is 1. The largest absolute Gasteiger partial charge is 0.330 e. The van der Waals surface area contributed by atoms with Crippen LogP contribution in [0.15, 0.2) is 0 Å². The Balaban J connectivity index is 1.99. The molecule has 0 radical (unpaired) electrons. The van der Waals surface area contributed by atoms with Crippen molar-refractivity contribution in [3.05, 3.63) is 0 Å². The van der Waals surface area contributed by atoms with Gasteiger partial charge in [0.15, 0.2) is 0 Å². The number of hydrogen-bond acceptors (Lipinski definition) is 2. The second-order valence-corrected chi connectivity index (χ2v) is 5.15. The number of nitrogens with two attached hydrogens (primary N) is 1. The van der Waals surface area contributed by atoms with E-state index in [4.69, 9.17) is 5.73 Å². The van der Waals surface area contributed by atoms with Crippen LogP contribution in [0.3, 0.4) is 0 Å². The fourth-order valence-corrected chi connectivity index (χ4v) is 3.22. The van der Waals surface area contributed by atoms with Crippen LogP contribution in [0.2, 0.25) is 0 Å². The van der Waals surface area contributed by atoms with Gasteiger partial charge in [0.05, 0.1) is 0 Å². The molecule has 2 saturated carbocycles. The minimum absolute atomic E-state index is 0.224. The molecule has 0 aromatic rings. The standard InChI is InChI=1S/C12H21NO/c13-9-12(7-11(14)8-12)10-5-3-1-2-4-6-10/h10H,1-9,13H2. The highest BCUT2D eigenvalue weighted by molar-refractivity contribution is 5.86. The van der Waals surface area contributed by atoms with Crippen LogP contribution in [-0.2, 0) is 4.79 Å². The maximum absolute atomic E-state index is 11.1. The molecule has 2 nitrogen and oxygen atoms in total. The number of Topliss-reactive ketones (excluding diaryl/α,β-unsaturated/α-hetero) is 1. The van der Waals surface area contributed by atoms with Gasteiger partial charge >= 0.3 is 0 Å². The van der Waals surface area contributed by atoms with Gasteiger partial charge in [-0.1, -0.05) is 25.7 Å². The Hall–Kier alpha value is -0.370. The van der Waals surface area contributed by atoms with Crippen LogP contribution in [0, 0.1) is 11.3 Å². The number of carbonyl (C=O) groups excluding carboxylic acids is 1. The second kappa shape index (κ2) is 4.01. The summed E-state index contributed by atoms with van der Waals surface area (Å²) in [6.07, 6.45) is 9.62. The molecule has 0 spiro atoms. The third-order valence-corrected chi connectivity index (χ3v) is 4.23. The summed E-state index contributed by atoms with van der Waals surface area (Å²) in [4.78, 5) is 11.1. The van der Waals surface area contributed by atoms with Gasteiger partial charge in [0.1, 0.15) is 5.78 Å². The van der Waals surface area contributed by atoms with E-state index < -0.39 is 0 Å². The number of hydrogen-bond donors (Lipinski definition) is 1. The van der Waals surface area contributed by atoms with Gasteiger partial charge in [-0.3, -0.25) is 4.79 Å². The molecule has 2 N–H and O–H groups in total. The minimum Gasteiger partial charge on any atom is -0.330 e. The Labute approximate surface area is 86.2 Å². The van der Waals surface area contributed by atoms with Crippen molar-refractivity contribution in [2.24, 2.45) is 17.1 Å². The zero-order valence-electron chi connectivity index (χ0n) is 8.93. The molecule has 14 heavy (non-hydrogen) atoms. The Morgan fingerprint density at radius 3 is 2.14 bits per heavy atom. The van der Waals surface area contributed by atoms with Crippen molar-refractivity contribution in [2.75, 3.05) is 6.54 Å². The van der Waals surface area contributed by atoms with Gasteiger partial charge < -0.3 is 5.73 Å². The zero-order valence-corrected chi connectivity index (χ0v) is 8.93. The molecule has 0 heterocycles. The normalized spacial score (nSPS) is 28.2. The van der Waals surface area contributed by atoms with Crippen molar-refractivity contribution in [1.29, 1.82) is 0 Å². The first kappa shape index (κ1) is 10.2. The summed E-state index contributed by atoms with van der Waals surface area (Å²) in [7, 11) is 0. The molecule has 0 aromatic heterocycles. The molecule has 2 rings (SSSR count). The van der Waals surface area contributed by atoms with Gasteiger partial charge in [-0.25, -0.2) is 0 Å². The molecule has 0 atom stereocenters. The summed E-state index contributed by atoms with van der Waals surface area (Å²) in [6.45, 7) is 0.726. The van der Waals surface area contributed by atoms with Gasteiger partial charge in [0.25, 0.3) is 0 Å². The molecule has 0 bridgehead atoms. The quantitative estimate of drug-likeness (QED) is 0.687. The molecule has 0 unspecified atom stereocenters. The number of ketones is 1. The maximum Gasteiger partial charge on any atom is 0.134 e. The van der Waals surface area contributed by atoms with Crippen LogP contribution >= 0.6 is 0 Å². The van der Waals surface area contributed by atoms with Crippen molar-refractivity contribution >= 4 is 5.78 Å². The molecule has 2 fully saturated rings. The average Bonchev–Trinajstić information content (AvgIpc) is 2.40. The summed E-state index contributed by atoms with van der Waals surface area (Å²) < 4.78 is 0. The SMILES string of the molecule is NCC1(C2CCCCCC2)CC(=O)C1. The second-order valence-electron chi connectivity index (χ2n) is 5.15. The summed E-state index contributed by atoms with van der Waals surface area (Å²) in [6, 6.07) is 0. The summed E-state index contributed by atoms with van der Waals surface area (Å²) in [5.74, 6) is 1.17. The molecule has 0 saturated heterocycles. The lowest BCUT2D eigenvalue weighted by atomic mass is 9.58. The Kier molecular flexibility index (Phi) is 2.91. The lowest BCUT2D eigenvalue weighted by molar-refractivity contribution is -0.136. The van der Waals surface area contributed by atoms with Gasteiger partial charge in [-0.15, -0.1) is 0 Å². The molecule has 80 valence electrons. The average molecular weight is 195 g/mol. The lowest BCUT2D eigenvalue weighted by Crippen LogP contribution is -2.48. The molecule has 2 aliphatic rings. The Morgan fingerprint density at radius 1 is 1.14 bits per heavy atom. The Morgan fingerprint density at radius 2 is 1.71 bits per heavy atom. The van der Waals surface area contributed by atoms with E-state index >= 15 is 0 Å². The topological polar surface area (TPSA) is 43.1 Å². The van der Waals surface area contributed by atoms with Gasteiger partial charge in [0.2, 0.25) is 0 Å². The van der Waals surface area contributed by atoms with Crippen molar-refractivity contribution in [1.82, 2.24) is 0 Å². The van der Waals surface area contributed by atoms with Crippen molar-refractivity contribution in [3.8, 4) is 0 Å². The highest BCUT2D eigenvalue weighted by Gasteiger charge is 2.47. The summed E-state index contributed by atoms with van der Waals surface area (Å²) in [5.41, 5.74) is 6.08. The molecule has 2 heteroatoms. The first-order chi connectivity index (χ1) is 6.77. The molecule has 2 aliphatic carbocycles. The van der Waals surface area contributed by atoms with Gasteiger partial charge in [0, 0.05) is 12.8 Å². The maximum atomic E-state index is 11.1. The van der Waals surface area contributed by atoms with E-state index in [1.54, 1.807) is 0 Å². The molecular weight excluding hydrogens is 174 g/mol. The van der Waals surface area contributed by atoms with E-state index in [0.29, 0.717) is 5.78 Å². The van der Waals surface area contributed by atoms with E-state index in [1.165, 1.54) is 38.5 Å². The monoisotopic (exact) mass is 195 g/mol. The third-order valence-electron chi connectivity index (χ3n) is 4.23. The van der Waals surface area contributed by atoms with Crippen LogP contribution in [0.1, 0.15) is 51.4 Å². The smallest absolute Gasteiger partial charge is 0.134 e. The number of rotatable bonds is 2. The fraction of sp³-hybridized carbons (Fsp3) is 0.917. The van der Waals surface area contributed by atoms with Gasteiger partial charge in [-0.05, 0) is 30.7 Å². The van der Waals surface area contributed by atoms with Crippen LogP contribution < -0.4 is 5.73 Å². The predicted octanol–water partition coefficient (Wildman–Crippen LogP) is 2.26. The first-order valence-electron chi connectivity index (χ1n) is 5.99. The van der Waals surface area contributed by atoms with E-state index in [1.807, 2.05) is 0 Å². The highest BCUT2D eigenvalue weighted by Crippen LogP contribution is 2.48. The van der Waals surface area contributed by atoms with E-state index in [0.717, 1.165) is 25.3 Å². The van der Waals surface area contributed by atoms with E-state index in [2.05, 4.69) is 0 Å². The van der Waals surface area contributed by atoms with Crippen molar-refractivity contribution in [3.63, 3.8) is 0 Å².